The van der Waals surface area contributed by atoms with Crippen LogP contribution in [0.4, 0.5) is 0 Å². The lowest BCUT2D eigenvalue weighted by atomic mass is 9.89. The van der Waals surface area contributed by atoms with Crippen LogP contribution in [0.3, 0.4) is 0 Å². The third kappa shape index (κ3) is 2.22. The molecular weight excluding hydrogens is 146 g/mol. The molecule has 2 saturated carbocycles. The summed E-state index contributed by atoms with van der Waals surface area (Å²) >= 11 is 0. The van der Waals surface area contributed by atoms with Crippen LogP contribution in [0, 0.1) is 5.92 Å². The zero-order valence-electron chi connectivity index (χ0n) is 8.23. The van der Waals surface area contributed by atoms with Crippen molar-refractivity contribution in [2.45, 2.75) is 57.4 Å². The van der Waals surface area contributed by atoms with Gasteiger partial charge in [0.1, 0.15) is 0 Å². The standard InChI is InChI=1S/C11H21N/c1-11(7-8-11)12-9-10-5-3-2-4-6-10/h10,12H,2-9H2,1H3. The molecule has 70 valence electrons. The van der Waals surface area contributed by atoms with Crippen LogP contribution >= 0.6 is 0 Å². The molecular formula is C11H21N. The smallest absolute Gasteiger partial charge is 0.0154 e. The van der Waals surface area contributed by atoms with Crippen molar-refractivity contribution in [1.29, 1.82) is 0 Å². The van der Waals surface area contributed by atoms with Crippen LogP contribution in [0.5, 0.6) is 0 Å². The van der Waals surface area contributed by atoms with E-state index in [1.165, 1.54) is 51.5 Å². The van der Waals surface area contributed by atoms with Crippen LogP contribution in [0.25, 0.3) is 0 Å². The molecule has 0 bridgehead atoms. The van der Waals surface area contributed by atoms with Crippen LogP contribution in [-0.2, 0) is 0 Å². The van der Waals surface area contributed by atoms with Gasteiger partial charge in [-0.25, -0.2) is 0 Å². The highest BCUT2D eigenvalue weighted by Gasteiger charge is 2.36. The first-order valence-electron chi connectivity index (χ1n) is 5.54. The molecule has 0 radical (unpaired) electrons. The Morgan fingerprint density at radius 2 is 1.83 bits per heavy atom. The topological polar surface area (TPSA) is 12.0 Å². The van der Waals surface area contributed by atoms with Crippen molar-refractivity contribution in [3.05, 3.63) is 0 Å². The molecule has 2 aliphatic rings. The SMILES string of the molecule is CC1(NCC2CCCCC2)CC1. The Hall–Kier alpha value is -0.0400. The van der Waals surface area contributed by atoms with E-state index >= 15 is 0 Å². The molecule has 2 fully saturated rings. The van der Waals surface area contributed by atoms with Gasteiger partial charge in [0.25, 0.3) is 0 Å². The van der Waals surface area contributed by atoms with E-state index in [0.29, 0.717) is 5.54 Å². The molecule has 0 aromatic rings. The number of hydrogen-bond acceptors (Lipinski definition) is 1. The van der Waals surface area contributed by atoms with Crippen LogP contribution < -0.4 is 5.32 Å². The highest BCUT2D eigenvalue weighted by Crippen LogP contribution is 2.35. The average Bonchev–Trinajstić information content (AvgIpc) is 2.84. The Kier molecular flexibility index (Phi) is 2.40. The lowest BCUT2D eigenvalue weighted by molar-refractivity contribution is 0.326. The summed E-state index contributed by atoms with van der Waals surface area (Å²) < 4.78 is 0. The fourth-order valence-corrected chi connectivity index (χ4v) is 2.15. The zero-order chi connectivity index (χ0) is 8.44. The molecule has 1 nitrogen and oxygen atoms in total. The summed E-state index contributed by atoms with van der Waals surface area (Å²) in [6.07, 6.45) is 10.2. The largest absolute Gasteiger partial charge is 0.311 e. The second-order valence-electron chi connectivity index (χ2n) is 4.95. The molecule has 0 aromatic heterocycles. The summed E-state index contributed by atoms with van der Waals surface area (Å²) in [5, 5.41) is 3.70. The summed E-state index contributed by atoms with van der Waals surface area (Å²) in [7, 11) is 0. The molecule has 12 heavy (non-hydrogen) atoms. The third-order valence-electron chi connectivity index (χ3n) is 3.54. The predicted octanol–water partition coefficient (Wildman–Crippen LogP) is 2.71. The maximum Gasteiger partial charge on any atom is 0.0154 e. The van der Waals surface area contributed by atoms with Gasteiger partial charge in [0.15, 0.2) is 0 Å². The molecule has 2 rings (SSSR count). The van der Waals surface area contributed by atoms with E-state index < -0.39 is 0 Å². The average molecular weight is 167 g/mol. The molecule has 0 saturated heterocycles. The predicted molar refractivity (Wildman–Crippen MR) is 52.2 cm³/mol. The van der Waals surface area contributed by atoms with Gasteiger partial charge in [-0.1, -0.05) is 19.3 Å². The van der Waals surface area contributed by atoms with E-state index in [2.05, 4.69) is 12.2 Å². The lowest BCUT2D eigenvalue weighted by Gasteiger charge is -2.23. The van der Waals surface area contributed by atoms with Crippen molar-refractivity contribution in [3.8, 4) is 0 Å². The van der Waals surface area contributed by atoms with Crippen molar-refractivity contribution in [3.63, 3.8) is 0 Å². The first-order chi connectivity index (χ1) is 5.79. The van der Waals surface area contributed by atoms with Gasteiger partial charge in [-0.05, 0) is 45.1 Å². The summed E-state index contributed by atoms with van der Waals surface area (Å²) in [5.41, 5.74) is 0.553. The van der Waals surface area contributed by atoms with Gasteiger partial charge in [0.05, 0.1) is 0 Å². The molecule has 0 aromatic carbocycles. The Labute approximate surface area is 75.9 Å². The van der Waals surface area contributed by atoms with Crippen molar-refractivity contribution >= 4 is 0 Å². The summed E-state index contributed by atoms with van der Waals surface area (Å²) in [6, 6.07) is 0. The Bertz CT molecular complexity index is 143. The van der Waals surface area contributed by atoms with Crippen molar-refractivity contribution in [1.82, 2.24) is 5.32 Å². The first kappa shape index (κ1) is 8.55. The van der Waals surface area contributed by atoms with Gasteiger partial charge in [-0.2, -0.15) is 0 Å². The zero-order valence-corrected chi connectivity index (χ0v) is 8.23. The van der Waals surface area contributed by atoms with Crippen LogP contribution in [0.15, 0.2) is 0 Å². The number of nitrogens with one attached hydrogen (secondary N) is 1. The van der Waals surface area contributed by atoms with E-state index in [1.807, 2.05) is 0 Å². The Morgan fingerprint density at radius 1 is 1.17 bits per heavy atom. The summed E-state index contributed by atoms with van der Waals surface area (Å²) in [6.45, 7) is 3.65. The molecule has 0 unspecified atom stereocenters. The molecule has 0 atom stereocenters. The Balaban J connectivity index is 1.65. The molecule has 0 amide bonds. The van der Waals surface area contributed by atoms with Gasteiger partial charge in [0.2, 0.25) is 0 Å². The van der Waals surface area contributed by atoms with Crippen LogP contribution in [-0.4, -0.2) is 12.1 Å². The van der Waals surface area contributed by atoms with Gasteiger partial charge in [-0.15, -0.1) is 0 Å². The van der Waals surface area contributed by atoms with Crippen LogP contribution in [0.1, 0.15) is 51.9 Å². The minimum Gasteiger partial charge on any atom is -0.311 e. The van der Waals surface area contributed by atoms with E-state index in [0.717, 1.165) is 5.92 Å². The van der Waals surface area contributed by atoms with E-state index in [9.17, 15) is 0 Å². The fourth-order valence-electron chi connectivity index (χ4n) is 2.15. The second-order valence-corrected chi connectivity index (χ2v) is 4.95. The van der Waals surface area contributed by atoms with Gasteiger partial charge in [-0.3, -0.25) is 0 Å². The number of rotatable bonds is 3. The summed E-state index contributed by atoms with van der Waals surface area (Å²) in [4.78, 5) is 0. The highest BCUT2D eigenvalue weighted by atomic mass is 15.0. The van der Waals surface area contributed by atoms with E-state index in [4.69, 9.17) is 0 Å². The van der Waals surface area contributed by atoms with E-state index in [1.54, 1.807) is 0 Å². The minimum atomic E-state index is 0.553. The quantitative estimate of drug-likeness (QED) is 0.681. The monoisotopic (exact) mass is 167 g/mol. The second kappa shape index (κ2) is 3.37. The third-order valence-corrected chi connectivity index (χ3v) is 3.54. The van der Waals surface area contributed by atoms with Crippen molar-refractivity contribution < 1.29 is 0 Å². The lowest BCUT2D eigenvalue weighted by Crippen LogP contribution is -2.33. The molecule has 0 spiro atoms. The Morgan fingerprint density at radius 3 is 2.42 bits per heavy atom. The van der Waals surface area contributed by atoms with Crippen molar-refractivity contribution in [2.24, 2.45) is 5.92 Å². The molecule has 2 aliphatic carbocycles. The van der Waals surface area contributed by atoms with Gasteiger partial charge >= 0.3 is 0 Å². The van der Waals surface area contributed by atoms with Crippen LogP contribution in [0.2, 0.25) is 0 Å². The maximum atomic E-state index is 3.70. The normalized spacial score (nSPS) is 28.8. The first-order valence-corrected chi connectivity index (χ1v) is 5.54. The fraction of sp³-hybridized carbons (Fsp3) is 1.00. The van der Waals surface area contributed by atoms with Gasteiger partial charge < -0.3 is 5.32 Å². The molecule has 0 aliphatic heterocycles. The highest BCUT2D eigenvalue weighted by molar-refractivity contribution is 4.97. The summed E-state index contributed by atoms with van der Waals surface area (Å²) in [5.74, 6) is 0.996. The number of hydrogen-bond donors (Lipinski definition) is 1. The maximum absolute atomic E-state index is 3.70. The molecule has 1 heteroatoms. The minimum absolute atomic E-state index is 0.553. The van der Waals surface area contributed by atoms with Gasteiger partial charge in [0, 0.05) is 5.54 Å². The van der Waals surface area contributed by atoms with E-state index in [-0.39, 0.29) is 0 Å². The molecule has 0 heterocycles. The van der Waals surface area contributed by atoms with Crippen molar-refractivity contribution in [2.75, 3.05) is 6.54 Å². The molecule has 1 N–H and O–H groups in total.